The van der Waals surface area contributed by atoms with Crippen molar-refractivity contribution >= 4 is 17.5 Å². The van der Waals surface area contributed by atoms with Crippen molar-refractivity contribution in [2.45, 2.75) is 19.9 Å². The van der Waals surface area contributed by atoms with Gasteiger partial charge in [0.15, 0.2) is 0 Å². The first-order chi connectivity index (χ1) is 10.5. The second kappa shape index (κ2) is 6.85. The van der Waals surface area contributed by atoms with Crippen LogP contribution in [0.1, 0.15) is 34.6 Å². The Morgan fingerprint density at radius 3 is 2.23 bits per heavy atom. The normalized spacial score (nSPS) is 10.4. The largest absolute Gasteiger partial charge is 0.350 e. The summed E-state index contributed by atoms with van der Waals surface area (Å²) in [5.41, 5.74) is 1.15. The van der Waals surface area contributed by atoms with Gasteiger partial charge < -0.3 is 10.6 Å². The lowest BCUT2D eigenvalue weighted by molar-refractivity contribution is 0.0942. The minimum atomic E-state index is -0.474. The molecule has 22 heavy (non-hydrogen) atoms. The van der Waals surface area contributed by atoms with E-state index in [-0.39, 0.29) is 17.5 Å². The van der Waals surface area contributed by atoms with Gasteiger partial charge in [-0.1, -0.05) is 12.1 Å². The van der Waals surface area contributed by atoms with Crippen molar-refractivity contribution < 1.29 is 14.0 Å². The number of carbonyl (C=O) groups excluding carboxylic acids is 2. The van der Waals surface area contributed by atoms with Gasteiger partial charge in [-0.05, 0) is 50.2 Å². The van der Waals surface area contributed by atoms with Gasteiger partial charge in [-0.2, -0.15) is 0 Å². The number of nitrogens with one attached hydrogen (secondary N) is 2. The zero-order valence-electron chi connectivity index (χ0n) is 12.4. The predicted octanol–water partition coefficient (Wildman–Crippen LogP) is 3.22. The van der Waals surface area contributed by atoms with Crippen LogP contribution >= 0.6 is 0 Å². The van der Waals surface area contributed by atoms with E-state index in [4.69, 9.17) is 0 Å². The molecular weight excluding hydrogens is 283 g/mol. The number of benzene rings is 2. The quantitative estimate of drug-likeness (QED) is 0.911. The summed E-state index contributed by atoms with van der Waals surface area (Å²) >= 11 is 0. The Balaban J connectivity index is 2.13. The summed E-state index contributed by atoms with van der Waals surface area (Å²) in [6.45, 7) is 3.74. The molecule has 0 atom stereocenters. The van der Waals surface area contributed by atoms with E-state index in [1.807, 2.05) is 13.8 Å². The first kappa shape index (κ1) is 15.7. The molecule has 2 amide bonds. The number of anilines is 1. The minimum Gasteiger partial charge on any atom is -0.350 e. The van der Waals surface area contributed by atoms with E-state index in [2.05, 4.69) is 10.6 Å². The second-order valence-electron chi connectivity index (χ2n) is 5.17. The summed E-state index contributed by atoms with van der Waals surface area (Å²) in [6, 6.07) is 12.0. The van der Waals surface area contributed by atoms with Crippen LogP contribution in [0.2, 0.25) is 0 Å². The van der Waals surface area contributed by atoms with Crippen molar-refractivity contribution in [1.82, 2.24) is 5.32 Å². The molecular formula is C17H17FN2O2. The molecule has 0 saturated heterocycles. The number of amides is 2. The van der Waals surface area contributed by atoms with Crippen molar-refractivity contribution in [3.8, 4) is 0 Å². The third-order valence-corrected chi connectivity index (χ3v) is 2.89. The maximum atomic E-state index is 13.1. The molecule has 0 saturated carbocycles. The van der Waals surface area contributed by atoms with Gasteiger partial charge in [-0.3, -0.25) is 9.59 Å². The van der Waals surface area contributed by atoms with Crippen molar-refractivity contribution in [3.63, 3.8) is 0 Å². The highest BCUT2D eigenvalue weighted by atomic mass is 19.1. The average Bonchev–Trinajstić information content (AvgIpc) is 2.47. The molecule has 0 aliphatic rings. The lowest BCUT2D eigenvalue weighted by Gasteiger charge is -2.10. The Morgan fingerprint density at radius 1 is 0.955 bits per heavy atom. The van der Waals surface area contributed by atoms with Crippen molar-refractivity contribution in [2.24, 2.45) is 0 Å². The monoisotopic (exact) mass is 300 g/mol. The molecule has 2 rings (SSSR count). The fraction of sp³-hybridized carbons (Fsp3) is 0.176. The van der Waals surface area contributed by atoms with Crippen LogP contribution in [0, 0.1) is 5.82 Å². The molecule has 0 heterocycles. The molecule has 0 fully saturated rings. The molecule has 5 heteroatoms. The van der Waals surface area contributed by atoms with E-state index in [1.54, 1.807) is 24.3 Å². The first-order valence-corrected chi connectivity index (χ1v) is 6.93. The summed E-state index contributed by atoms with van der Waals surface area (Å²) in [7, 11) is 0. The average molecular weight is 300 g/mol. The zero-order chi connectivity index (χ0) is 16.1. The summed E-state index contributed by atoms with van der Waals surface area (Å²) < 4.78 is 13.1. The number of rotatable bonds is 4. The van der Waals surface area contributed by atoms with Gasteiger partial charge in [-0.15, -0.1) is 0 Å². The van der Waals surface area contributed by atoms with Crippen LogP contribution in [-0.4, -0.2) is 17.9 Å². The van der Waals surface area contributed by atoms with Gasteiger partial charge in [-0.25, -0.2) is 4.39 Å². The first-order valence-electron chi connectivity index (χ1n) is 6.93. The summed E-state index contributed by atoms with van der Waals surface area (Å²) in [5.74, 6) is -1.12. The lowest BCUT2D eigenvalue weighted by Crippen LogP contribution is -2.30. The van der Waals surface area contributed by atoms with E-state index < -0.39 is 11.7 Å². The standard InChI is InChI=1S/C17H17FN2O2/c1-11(2)19-16(21)13-6-4-8-15(10-13)20-17(22)12-5-3-7-14(18)9-12/h3-11H,1-2H3,(H,19,21)(H,20,22). The van der Waals surface area contributed by atoms with Crippen molar-refractivity contribution in [1.29, 1.82) is 0 Å². The van der Waals surface area contributed by atoms with Crippen LogP contribution in [0.5, 0.6) is 0 Å². The van der Waals surface area contributed by atoms with Crippen LogP contribution in [0.3, 0.4) is 0 Å². The number of halogens is 1. The van der Waals surface area contributed by atoms with Crippen LogP contribution < -0.4 is 10.6 Å². The molecule has 0 spiro atoms. The molecule has 0 aliphatic carbocycles. The lowest BCUT2D eigenvalue weighted by atomic mass is 10.1. The second-order valence-corrected chi connectivity index (χ2v) is 5.17. The molecule has 0 aliphatic heterocycles. The Morgan fingerprint density at radius 2 is 1.59 bits per heavy atom. The van der Waals surface area contributed by atoms with Gasteiger partial charge in [0.2, 0.25) is 0 Å². The zero-order valence-corrected chi connectivity index (χ0v) is 12.4. The SMILES string of the molecule is CC(C)NC(=O)c1cccc(NC(=O)c2cccc(F)c2)c1. The Bertz CT molecular complexity index is 699. The highest BCUT2D eigenvalue weighted by Gasteiger charge is 2.10. The van der Waals surface area contributed by atoms with E-state index in [9.17, 15) is 14.0 Å². The van der Waals surface area contributed by atoms with Gasteiger partial charge in [0, 0.05) is 22.9 Å². The smallest absolute Gasteiger partial charge is 0.255 e. The highest BCUT2D eigenvalue weighted by Crippen LogP contribution is 2.13. The van der Waals surface area contributed by atoms with Crippen LogP contribution in [0.15, 0.2) is 48.5 Å². The molecule has 0 radical (unpaired) electrons. The maximum Gasteiger partial charge on any atom is 0.255 e. The molecule has 0 aromatic heterocycles. The number of carbonyl (C=O) groups is 2. The molecule has 0 unspecified atom stereocenters. The van der Waals surface area contributed by atoms with Crippen LogP contribution in [0.25, 0.3) is 0 Å². The van der Waals surface area contributed by atoms with Crippen molar-refractivity contribution in [2.75, 3.05) is 5.32 Å². The third kappa shape index (κ3) is 4.15. The van der Waals surface area contributed by atoms with E-state index >= 15 is 0 Å². The summed E-state index contributed by atoms with van der Waals surface area (Å²) in [6.07, 6.45) is 0. The molecule has 4 nitrogen and oxygen atoms in total. The van der Waals surface area contributed by atoms with Gasteiger partial charge in [0.25, 0.3) is 11.8 Å². The number of hydrogen-bond acceptors (Lipinski definition) is 2. The van der Waals surface area contributed by atoms with Gasteiger partial charge in [0.05, 0.1) is 0 Å². The van der Waals surface area contributed by atoms with Crippen LogP contribution in [-0.2, 0) is 0 Å². The fourth-order valence-electron chi connectivity index (χ4n) is 1.92. The van der Waals surface area contributed by atoms with Gasteiger partial charge in [0.1, 0.15) is 5.82 Å². The highest BCUT2D eigenvalue weighted by molar-refractivity contribution is 6.05. The van der Waals surface area contributed by atoms with E-state index in [0.717, 1.165) is 6.07 Å². The van der Waals surface area contributed by atoms with Crippen molar-refractivity contribution in [3.05, 3.63) is 65.5 Å². The third-order valence-electron chi connectivity index (χ3n) is 2.89. The Labute approximate surface area is 128 Å². The molecule has 2 aromatic rings. The Hall–Kier alpha value is -2.69. The molecule has 2 N–H and O–H groups in total. The summed E-state index contributed by atoms with van der Waals surface area (Å²) in [5, 5.41) is 5.43. The van der Waals surface area contributed by atoms with E-state index in [0.29, 0.717) is 11.3 Å². The fourth-order valence-corrected chi connectivity index (χ4v) is 1.92. The number of hydrogen-bond donors (Lipinski definition) is 2. The minimum absolute atomic E-state index is 0.0260. The Kier molecular flexibility index (Phi) is 4.88. The topological polar surface area (TPSA) is 58.2 Å². The predicted molar refractivity (Wildman–Crippen MR) is 83.4 cm³/mol. The molecule has 2 aromatic carbocycles. The van der Waals surface area contributed by atoms with Gasteiger partial charge >= 0.3 is 0 Å². The van der Waals surface area contributed by atoms with E-state index in [1.165, 1.54) is 18.2 Å². The molecule has 114 valence electrons. The molecule has 0 bridgehead atoms. The summed E-state index contributed by atoms with van der Waals surface area (Å²) in [4.78, 5) is 24.0. The van der Waals surface area contributed by atoms with Crippen LogP contribution in [0.4, 0.5) is 10.1 Å². The maximum absolute atomic E-state index is 13.1.